The van der Waals surface area contributed by atoms with E-state index in [0.29, 0.717) is 0 Å². The van der Waals surface area contributed by atoms with Crippen molar-refractivity contribution in [2.24, 2.45) is 0 Å². The monoisotopic (exact) mass is 215 g/mol. The van der Waals surface area contributed by atoms with E-state index in [-0.39, 0.29) is 0 Å². The van der Waals surface area contributed by atoms with Crippen LogP contribution in [0.3, 0.4) is 0 Å². The van der Waals surface area contributed by atoms with Crippen LogP contribution in [0, 0.1) is 0 Å². The van der Waals surface area contributed by atoms with Gasteiger partial charge in [-0.05, 0) is 0 Å². The topological polar surface area (TPSA) is 3.24 Å². The van der Waals surface area contributed by atoms with Crippen LogP contribution in [-0.4, -0.2) is 33.4 Å². The Hall–Kier alpha value is 0.690. The Bertz CT molecular complexity index is 37.3. The maximum atomic E-state index is 2.38. The minimum atomic E-state index is -0.444. The van der Waals surface area contributed by atoms with Crippen molar-refractivity contribution in [3.8, 4) is 0 Å². The number of rotatable bonds is 2. The van der Waals surface area contributed by atoms with E-state index in [2.05, 4.69) is 28.9 Å². The third-order valence-electron chi connectivity index (χ3n) is 0.478. The molecule has 2 heteroatoms. The zero-order chi connectivity index (χ0) is 5.86. The fraction of sp³-hybridized carbons (Fsp3) is 1.00. The molecule has 0 saturated carbocycles. The van der Waals surface area contributed by atoms with E-state index in [1.54, 1.807) is 0 Å². The van der Waals surface area contributed by atoms with E-state index >= 15 is 0 Å². The molecule has 0 atom stereocenters. The Morgan fingerprint density at radius 2 is 1.71 bits per heavy atom. The predicted molar refractivity (Wildman–Crippen MR) is 44.4 cm³/mol. The maximum absolute atomic E-state index is 2.38. The molecule has 0 aromatic carbocycles. The summed E-state index contributed by atoms with van der Waals surface area (Å²) in [6.07, 6.45) is 0. The van der Waals surface area contributed by atoms with Crippen LogP contribution in [0.15, 0.2) is 0 Å². The molecule has 1 nitrogen and oxygen atoms in total. The second-order valence-electron chi connectivity index (χ2n) is 2.11. The summed E-state index contributed by atoms with van der Waals surface area (Å²) in [5.41, 5.74) is 0. The summed E-state index contributed by atoms with van der Waals surface area (Å²) >= 11 is -0.444. The fourth-order valence-corrected chi connectivity index (χ4v) is 3.21. The molecule has 0 bridgehead atoms. The Morgan fingerprint density at radius 3 is 1.71 bits per heavy atom. The van der Waals surface area contributed by atoms with Crippen molar-refractivity contribution in [3.05, 3.63) is 0 Å². The molecule has 0 aliphatic heterocycles. The number of hydrogen-bond donors (Lipinski definition) is 0. The second kappa shape index (κ2) is 3.66. The summed E-state index contributed by atoms with van der Waals surface area (Å²) in [6.45, 7) is 0. The number of nitrogens with zero attached hydrogens (tertiary/aromatic N) is 1. The van der Waals surface area contributed by atoms with Gasteiger partial charge in [-0.25, -0.2) is 0 Å². The Balaban J connectivity index is 2.95. The van der Waals surface area contributed by atoms with Crippen molar-refractivity contribution < 1.29 is 0 Å². The van der Waals surface area contributed by atoms with Gasteiger partial charge in [-0.2, -0.15) is 0 Å². The Labute approximate surface area is 53.5 Å². The molecule has 0 aromatic rings. The van der Waals surface area contributed by atoms with Gasteiger partial charge in [0.25, 0.3) is 0 Å². The van der Waals surface area contributed by atoms with Crippen molar-refractivity contribution in [3.63, 3.8) is 0 Å². The number of hydrogen-bond acceptors (Lipinski definition) is 1. The summed E-state index contributed by atoms with van der Waals surface area (Å²) < 4.78 is 1.35. The van der Waals surface area contributed by atoms with E-state index in [1.165, 1.54) is 4.55 Å². The van der Waals surface area contributed by atoms with Gasteiger partial charge in [0, 0.05) is 0 Å². The Kier molecular flexibility index (Phi) is 4.02. The summed E-state index contributed by atoms with van der Waals surface area (Å²) in [7, 11) is 4.27. The summed E-state index contributed by atoms with van der Waals surface area (Å²) in [4.78, 5) is 7.03. The van der Waals surface area contributed by atoms with E-state index in [0.717, 1.165) is 0 Å². The molecule has 0 aliphatic rings. The van der Waals surface area contributed by atoms with Crippen molar-refractivity contribution >= 4 is 19.8 Å². The van der Waals surface area contributed by atoms with Crippen molar-refractivity contribution in [1.82, 2.24) is 4.90 Å². The van der Waals surface area contributed by atoms with Crippen molar-refractivity contribution in [2.75, 3.05) is 28.5 Å². The fourth-order valence-electron chi connectivity index (χ4n) is 0.478. The van der Waals surface area contributed by atoms with Gasteiger partial charge in [0.1, 0.15) is 0 Å². The standard InChI is InChI=1S/C5H14IN/c1-6(2)5-7(3)4/h5H2,1-4H3. The first-order valence-corrected chi connectivity index (χ1v) is 8.07. The SMILES string of the molecule is CN(C)CI(C)C. The van der Waals surface area contributed by atoms with Gasteiger partial charge in [-0.1, -0.05) is 0 Å². The molecule has 0 aliphatic carbocycles. The van der Waals surface area contributed by atoms with Crippen LogP contribution < -0.4 is 0 Å². The molecule has 46 valence electrons. The molecular formula is C5H14IN. The first kappa shape index (κ1) is 7.69. The van der Waals surface area contributed by atoms with Crippen LogP contribution in [0.25, 0.3) is 0 Å². The zero-order valence-electron chi connectivity index (χ0n) is 5.53. The van der Waals surface area contributed by atoms with Gasteiger partial charge in [0.05, 0.1) is 0 Å². The van der Waals surface area contributed by atoms with E-state index in [9.17, 15) is 0 Å². The molecule has 0 spiro atoms. The minimum absolute atomic E-state index is 0.444. The van der Waals surface area contributed by atoms with Crippen LogP contribution in [0.1, 0.15) is 0 Å². The van der Waals surface area contributed by atoms with Crippen LogP contribution >= 0.6 is 19.8 Å². The first-order valence-electron chi connectivity index (χ1n) is 2.23. The molecule has 7 heavy (non-hydrogen) atoms. The summed E-state index contributed by atoms with van der Waals surface area (Å²) in [5, 5.41) is 0. The Morgan fingerprint density at radius 1 is 1.29 bits per heavy atom. The van der Waals surface area contributed by atoms with Crippen LogP contribution in [0.5, 0.6) is 0 Å². The zero-order valence-corrected chi connectivity index (χ0v) is 7.69. The predicted octanol–water partition coefficient (Wildman–Crippen LogP) is 1.27. The van der Waals surface area contributed by atoms with E-state index in [4.69, 9.17) is 0 Å². The molecule has 0 amide bonds. The molecule has 0 heterocycles. The molecule has 0 unspecified atom stereocenters. The molecule has 0 radical (unpaired) electrons. The molecule has 0 saturated heterocycles. The van der Waals surface area contributed by atoms with Crippen molar-refractivity contribution in [1.29, 1.82) is 0 Å². The first-order chi connectivity index (χ1) is 3.13. The average Bonchev–Trinajstić information content (AvgIpc) is 1.27. The third kappa shape index (κ3) is 6.69. The molecule has 0 N–H and O–H groups in total. The molecular weight excluding hydrogens is 201 g/mol. The summed E-state index contributed by atoms with van der Waals surface area (Å²) in [5.74, 6) is 0. The van der Waals surface area contributed by atoms with Crippen molar-refractivity contribution in [2.45, 2.75) is 0 Å². The molecule has 0 fully saturated rings. The third-order valence-corrected chi connectivity index (χ3v) is 3.21. The van der Waals surface area contributed by atoms with Gasteiger partial charge in [0.15, 0.2) is 0 Å². The van der Waals surface area contributed by atoms with E-state index < -0.39 is 19.8 Å². The van der Waals surface area contributed by atoms with Gasteiger partial charge in [-0.15, -0.1) is 0 Å². The van der Waals surface area contributed by atoms with Crippen LogP contribution in [0.4, 0.5) is 0 Å². The number of alkyl halides is 3. The van der Waals surface area contributed by atoms with Crippen LogP contribution in [0.2, 0.25) is 0 Å². The summed E-state index contributed by atoms with van der Waals surface area (Å²) in [6, 6.07) is 0. The quantitative estimate of drug-likeness (QED) is 0.381. The van der Waals surface area contributed by atoms with Crippen LogP contribution in [-0.2, 0) is 0 Å². The molecule has 0 aromatic heterocycles. The second-order valence-corrected chi connectivity index (χ2v) is 8.00. The van der Waals surface area contributed by atoms with Gasteiger partial charge in [0.2, 0.25) is 0 Å². The van der Waals surface area contributed by atoms with Gasteiger partial charge in [-0.3, -0.25) is 0 Å². The average molecular weight is 215 g/mol. The van der Waals surface area contributed by atoms with Gasteiger partial charge < -0.3 is 0 Å². The van der Waals surface area contributed by atoms with E-state index in [1.807, 2.05) is 0 Å². The normalized spacial score (nSPS) is 12.4. The number of halogens is 1. The van der Waals surface area contributed by atoms with Gasteiger partial charge >= 0.3 is 53.2 Å². The molecule has 0 rings (SSSR count).